The number of nitrogens with one attached hydrogen (secondary N) is 1. The number of aryl methyl sites for hydroxylation is 2. The van der Waals surface area contributed by atoms with Crippen LogP contribution < -0.4 is 16.2 Å². The van der Waals surface area contributed by atoms with E-state index < -0.39 is 0 Å². The summed E-state index contributed by atoms with van der Waals surface area (Å²) >= 11 is 0. The molecule has 0 radical (unpaired) electrons. The summed E-state index contributed by atoms with van der Waals surface area (Å²) in [7, 11) is 0.882. The molecular formula is C38H27BN2O. The SMILES string of the molecule is Cc1cc(-c2ccc3oc4ccccc4c3c2Nc2ccccc2C)c2c(c1)-n1c3ccccc3c3cccc(c31)B2. The Morgan fingerprint density at radius 1 is 0.667 bits per heavy atom. The highest BCUT2D eigenvalue weighted by Crippen LogP contribution is 2.43. The lowest BCUT2D eigenvalue weighted by Gasteiger charge is -2.25. The second-order valence-electron chi connectivity index (χ2n) is 11.6. The molecule has 3 heterocycles. The van der Waals surface area contributed by atoms with Gasteiger partial charge in [-0.1, -0.05) is 84.3 Å². The third-order valence-corrected chi connectivity index (χ3v) is 9.00. The van der Waals surface area contributed by atoms with E-state index >= 15 is 0 Å². The molecule has 1 aliphatic rings. The fourth-order valence-electron chi connectivity index (χ4n) is 7.11. The van der Waals surface area contributed by atoms with Crippen LogP contribution >= 0.6 is 0 Å². The summed E-state index contributed by atoms with van der Waals surface area (Å²) in [5.74, 6) is 0. The van der Waals surface area contributed by atoms with E-state index in [0.29, 0.717) is 0 Å². The third kappa shape index (κ3) is 3.24. The summed E-state index contributed by atoms with van der Waals surface area (Å²) in [6.07, 6.45) is 0. The number of anilines is 2. The molecule has 8 aromatic rings. The van der Waals surface area contributed by atoms with Gasteiger partial charge in [0.25, 0.3) is 0 Å². The lowest BCUT2D eigenvalue weighted by atomic mass is 9.59. The summed E-state index contributed by atoms with van der Waals surface area (Å²) in [6, 6.07) is 41.5. The van der Waals surface area contributed by atoms with E-state index in [-0.39, 0.29) is 0 Å². The molecule has 3 nitrogen and oxygen atoms in total. The van der Waals surface area contributed by atoms with Crippen molar-refractivity contribution in [2.24, 2.45) is 0 Å². The second-order valence-corrected chi connectivity index (χ2v) is 11.6. The van der Waals surface area contributed by atoms with Crippen LogP contribution in [-0.2, 0) is 0 Å². The molecule has 0 fully saturated rings. The molecule has 4 heteroatoms. The molecule has 9 rings (SSSR count). The number of fused-ring (bicyclic) bond motifs is 8. The van der Waals surface area contributed by atoms with Gasteiger partial charge in [0.2, 0.25) is 0 Å². The molecule has 1 N–H and O–H groups in total. The van der Waals surface area contributed by atoms with Crippen LogP contribution in [0.2, 0.25) is 0 Å². The van der Waals surface area contributed by atoms with Crippen molar-refractivity contribution < 1.29 is 4.42 Å². The number of aromatic nitrogens is 1. The maximum atomic E-state index is 6.37. The van der Waals surface area contributed by atoms with Gasteiger partial charge in [0.1, 0.15) is 11.2 Å². The van der Waals surface area contributed by atoms with Crippen molar-refractivity contribution in [3.63, 3.8) is 0 Å². The van der Waals surface area contributed by atoms with Crippen LogP contribution in [0.25, 0.3) is 60.6 Å². The lowest BCUT2D eigenvalue weighted by molar-refractivity contribution is 0.669. The Morgan fingerprint density at radius 2 is 1.45 bits per heavy atom. The highest BCUT2D eigenvalue weighted by Gasteiger charge is 2.27. The summed E-state index contributed by atoms with van der Waals surface area (Å²) < 4.78 is 8.86. The van der Waals surface area contributed by atoms with Gasteiger partial charge in [-0.15, -0.1) is 0 Å². The van der Waals surface area contributed by atoms with Gasteiger partial charge < -0.3 is 14.3 Å². The topological polar surface area (TPSA) is 30.1 Å². The molecule has 0 bridgehead atoms. The first-order valence-corrected chi connectivity index (χ1v) is 14.6. The van der Waals surface area contributed by atoms with E-state index in [1.165, 1.54) is 60.7 Å². The predicted molar refractivity (Wildman–Crippen MR) is 179 cm³/mol. The maximum absolute atomic E-state index is 6.37. The Kier molecular flexibility index (Phi) is 4.83. The molecule has 1 aliphatic heterocycles. The Morgan fingerprint density at radius 3 is 2.36 bits per heavy atom. The van der Waals surface area contributed by atoms with Crippen molar-refractivity contribution in [3.8, 4) is 16.8 Å². The molecular weight excluding hydrogens is 511 g/mol. The van der Waals surface area contributed by atoms with Crippen molar-refractivity contribution in [2.45, 2.75) is 13.8 Å². The van der Waals surface area contributed by atoms with E-state index in [2.05, 4.69) is 133 Å². The average molecular weight is 538 g/mol. The number of hydrogen-bond donors (Lipinski definition) is 1. The van der Waals surface area contributed by atoms with Crippen molar-refractivity contribution in [2.75, 3.05) is 5.32 Å². The van der Waals surface area contributed by atoms with Crippen LogP contribution in [0.3, 0.4) is 0 Å². The van der Waals surface area contributed by atoms with Crippen LogP contribution in [0.15, 0.2) is 120 Å². The number of benzene rings is 6. The molecule has 0 saturated carbocycles. The van der Waals surface area contributed by atoms with Gasteiger partial charge in [0.05, 0.1) is 16.6 Å². The fraction of sp³-hybridized carbons (Fsp3) is 0.0526. The number of nitrogens with zero attached hydrogens (tertiary/aromatic N) is 1. The van der Waals surface area contributed by atoms with Gasteiger partial charge in [-0.25, -0.2) is 0 Å². The molecule has 0 unspecified atom stereocenters. The van der Waals surface area contributed by atoms with Crippen LogP contribution in [0.5, 0.6) is 0 Å². The summed E-state index contributed by atoms with van der Waals surface area (Å²) in [4.78, 5) is 0. The van der Waals surface area contributed by atoms with Crippen molar-refractivity contribution in [1.82, 2.24) is 4.57 Å². The summed E-state index contributed by atoms with van der Waals surface area (Å²) in [5, 5.41) is 8.75. The Labute approximate surface area is 244 Å². The largest absolute Gasteiger partial charge is 0.456 e. The quantitative estimate of drug-likeness (QED) is 0.229. The fourth-order valence-corrected chi connectivity index (χ4v) is 7.11. The first-order valence-electron chi connectivity index (χ1n) is 14.6. The zero-order chi connectivity index (χ0) is 27.9. The second kappa shape index (κ2) is 8.64. The normalized spacial score (nSPS) is 12.2. The third-order valence-electron chi connectivity index (χ3n) is 9.00. The number of hydrogen-bond acceptors (Lipinski definition) is 2. The van der Waals surface area contributed by atoms with E-state index in [1.54, 1.807) is 0 Å². The highest BCUT2D eigenvalue weighted by molar-refractivity contribution is 6.73. The van der Waals surface area contributed by atoms with Crippen molar-refractivity contribution in [3.05, 3.63) is 126 Å². The van der Waals surface area contributed by atoms with Gasteiger partial charge >= 0.3 is 0 Å². The van der Waals surface area contributed by atoms with Gasteiger partial charge in [-0.2, -0.15) is 0 Å². The molecule has 6 aromatic carbocycles. The molecule has 198 valence electrons. The van der Waals surface area contributed by atoms with E-state index in [9.17, 15) is 0 Å². The monoisotopic (exact) mass is 538 g/mol. The molecule has 0 saturated heterocycles. The van der Waals surface area contributed by atoms with E-state index in [1.807, 2.05) is 6.07 Å². The van der Waals surface area contributed by atoms with Crippen molar-refractivity contribution in [1.29, 1.82) is 0 Å². The smallest absolute Gasteiger partial charge is 0.198 e. The van der Waals surface area contributed by atoms with Crippen LogP contribution in [-0.4, -0.2) is 11.8 Å². The highest BCUT2D eigenvalue weighted by atomic mass is 16.3. The van der Waals surface area contributed by atoms with E-state index in [4.69, 9.17) is 4.42 Å². The van der Waals surface area contributed by atoms with Gasteiger partial charge in [-0.3, -0.25) is 0 Å². The van der Waals surface area contributed by atoms with Gasteiger partial charge in [0.15, 0.2) is 7.28 Å². The average Bonchev–Trinajstić information content (AvgIpc) is 3.56. The standard InChI is InChI=1S/C38H27BN2O/c1-22-20-28(36-32(21-22)41-31-16-7-4-11-24(31)26-13-9-14-29(39-36)38(26)41)25-18-19-34-35(27-12-5-8-17-33(27)42-34)37(25)40-30-15-6-3-10-23(30)2/h3-21,39-40H,1-2H3. The number of furan rings is 1. The van der Waals surface area contributed by atoms with Gasteiger partial charge in [0, 0.05) is 38.6 Å². The first kappa shape index (κ1) is 23.5. The van der Waals surface area contributed by atoms with E-state index in [0.717, 1.165) is 40.6 Å². The number of rotatable bonds is 3. The molecule has 0 spiro atoms. The first-order chi connectivity index (χ1) is 20.7. The molecule has 0 aliphatic carbocycles. The van der Waals surface area contributed by atoms with Crippen LogP contribution in [0.1, 0.15) is 11.1 Å². The summed E-state index contributed by atoms with van der Waals surface area (Å²) in [5.41, 5.74) is 15.4. The summed E-state index contributed by atoms with van der Waals surface area (Å²) in [6.45, 7) is 4.37. The molecule has 0 atom stereocenters. The predicted octanol–water partition coefficient (Wildman–Crippen LogP) is 8.41. The number of para-hydroxylation sites is 4. The van der Waals surface area contributed by atoms with Crippen molar-refractivity contribution >= 4 is 73.3 Å². The Bertz CT molecular complexity index is 2390. The Balaban J connectivity index is 1.38. The zero-order valence-corrected chi connectivity index (χ0v) is 23.5. The lowest BCUT2D eigenvalue weighted by Crippen LogP contribution is -2.37. The van der Waals surface area contributed by atoms with Crippen LogP contribution in [0.4, 0.5) is 11.4 Å². The van der Waals surface area contributed by atoms with Gasteiger partial charge in [-0.05, 0) is 72.4 Å². The maximum Gasteiger partial charge on any atom is 0.198 e. The molecule has 2 aromatic heterocycles. The minimum absolute atomic E-state index is 0.882. The minimum atomic E-state index is 0.882. The minimum Gasteiger partial charge on any atom is -0.456 e. The Hall–Kier alpha value is -5.22. The molecule has 42 heavy (non-hydrogen) atoms. The zero-order valence-electron chi connectivity index (χ0n) is 23.5. The molecule has 0 amide bonds. The van der Waals surface area contributed by atoms with Crippen LogP contribution in [0, 0.1) is 13.8 Å².